The van der Waals surface area contributed by atoms with Crippen LogP contribution in [-0.2, 0) is 16.4 Å². The van der Waals surface area contributed by atoms with E-state index in [0.29, 0.717) is 30.6 Å². The van der Waals surface area contributed by atoms with Crippen molar-refractivity contribution in [1.29, 1.82) is 0 Å². The normalized spacial score (nSPS) is 16.3. The minimum Gasteiger partial charge on any atom is -0.465 e. The fraction of sp³-hybridized carbons (Fsp3) is 0.435. The lowest BCUT2D eigenvalue weighted by atomic mass is 10.0. The van der Waals surface area contributed by atoms with E-state index >= 15 is 0 Å². The molecule has 1 aromatic carbocycles. The van der Waals surface area contributed by atoms with Gasteiger partial charge in [-0.05, 0) is 36.5 Å². The number of hydrogen-bond donors (Lipinski definition) is 3. The lowest BCUT2D eigenvalue weighted by Crippen LogP contribution is -2.49. The summed E-state index contributed by atoms with van der Waals surface area (Å²) in [5.41, 5.74) is 2.42. The van der Waals surface area contributed by atoms with E-state index in [0.717, 1.165) is 17.4 Å². The predicted octanol–water partition coefficient (Wildman–Crippen LogP) is 2.14. The summed E-state index contributed by atoms with van der Waals surface area (Å²) in [4.78, 5) is 33.8. The van der Waals surface area contributed by atoms with Crippen LogP contribution in [0, 0.1) is 0 Å². The summed E-state index contributed by atoms with van der Waals surface area (Å²) in [6.07, 6.45) is 3.12. The number of anilines is 1. The van der Waals surface area contributed by atoms with E-state index in [-0.39, 0.29) is 42.1 Å². The molecule has 0 saturated carbocycles. The third-order valence-electron chi connectivity index (χ3n) is 6.00. The number of sulfone groups is 1. The molecule has 1 aliphatic heterocycles. The zero-order chi connectivity index (χ0) is 26.0. The van der Waals surface area contributed by atoms with Gasteiger partial charge in [-0.2, -0.15) is 19.6 Å². The van der Waals surface area contributed by atoms with Gasteiger partial charge in [0.15, 0.2) is 5.65 Å². The van der Waals surface area contributed by atoms with Gasteiger partial charge in [0.1, 0.15) is 0 Å². The number of nitrogens with one attached hydrogen (secondary N) is 2. The summed E-state index contributed by atoms with van der Waals surface area (Å²) >= 11 is 0. The van der Waals surface area contributed by atoms with Crippen molar-refractivity contribution in [2.24, 2.45) is 0 Å². The molecule has 2 amide bonds. The molecule has 3 heterocycles. The molecule has 1 fully saturated rings. The highest BCUT2D eigenvalue weighted by atomic mass is 32.2. The van der Waals surface area contributed by atoms with Crippen LogP contribution in [0.4, 0.5) is 10.7 Å². The molecule has 1 aliphatic rings. The Bertz CT molecular complexity index is 1400. The van der Waals surface area contributed by atoms with Crippen molar-refractivity contribution in [3.8, 4) is 0 Å². The second-order valence-corrected chi connectivity index (χ2v) is 11.1. The Morgan fingerprint density at radius 1 is 1.25 bits per heavy atom. The van der Waals surface area contributed by atoms with E-state index in [1.54, 1.807) is 24.4 Å². The molecule has 0 aliphatic carbocycles. The first-order valence-corrected chi connectivity index (χ1v) is 13.5. The molecule has 1 atom stereocenters. The monoisotopic (exact) mass is 515 g/mol. The van der Waals surface area contributed by atoms with E-state index in [9.17, 15) is 23.1 Å². The van der Waals surface area contributed by atoms with Crippen molar-refractivity contribution in [1.82, 2.24) is 29.8 Å². The molecule has 3 aromatic rings. The maximum atomic E-state index is 12.8. The Balaban J connectivity index is 1.52. The number of carbonyl (C=O) groups is 2. The second kappa shape index (κ2) is 10.1. The highest BCUT2D eigenvalue weighted by molar-refractivity contribution is 7.90. The third kappa shape index (κ3) is 5.56. The van der Waals surface area contributed by atoms with Gasteiger partial charge in [0, 0.05) is 43.1 Å². The number of nitrogens with zero attached hydrogens (tertiary/aromatic N) is 5. The first-order valence-electron chi connectivity index (χ1n) is 11.6. The van der Waals surface area contributed by atoms with Gasteiger partial charge in [-0.1, -0.05) is 26.0 Å². The van der Waals surface area contributed by atoms with Crippen molar-refractivity contribution >= 4 is 33.4 Å². The molecule has 2 aromatic heterocycles. The number of carboxylic acid groups (broad SMARTS) is 1. The number of aromatic nitrogens is 4. The van der Waals surface area contributed by atoms with Gasteiger partial charge in [-0.3, -0.25) is 4.79 Å². The summed E-state index contributed by atoms with van der Waals surface area (Å²) in [7, 11) is -3.66. The van der Waals surface area contributed by atoms with Gasteiger partial charge < -0.3 is 20.6 Å². The molecular formula is C23H29N7O5S. The molecule has 13 heteroatoms. The molecule has 0 unspecified atom stereocenters. The molecular weight excluding hydrogens is 486 g/mol. The van der Waals surface area contributed by atoms with E-state index in [4.69, 9.17) is 0 Å². The Morgan fingerprint density at radius 2 is 2.03 bits per heavy atom. The summed E-state index contributed by atoms with van der Waals surface area (Å²) in [5.74, 6) is 0.0178. The van der Waals surface area contributed by atoms with Crippen LogP contribution in [0.3, 0.4) is 0 Å². The van der Waals surface area contributed by atoms with Crippen molar-refractivity contribution in [3.05, 3.63) is 47.2 Å². The second-order valence-electron chi connectivity index (χ2n) is 9.19. The quantitative estimate of drug-likeness (QED) is 0.428. The average Bonchev–Trinajstić information content (AvgIpc) is 3.27. The largest absolute Gasteiger partial charge is 0.465 e. The molecule has 3 N–H and O–H groups in total. The topological polar surface area (TPSA) is 159 Å². The molecule has 1 saturated heterocycles. The van der Waals surface area contributed by atoms with Crippen molar-refractivity contribution in [2.45, 2.75) is 50.4 Å². The number of hydrogen-bond acceptors (Lipinski definition) is 8. The first-order chi connectivity index (χ1) is 17.0. The molecule has 4 rings (SSSR count). The SMILES string of the molecule is CC(C)c1cnn2c(NCc3cccc(C(=O)N[C@H]4CCCN(C(=O)O)C4)c3)nc(S(C)(=O)=O)nc12. The highest BCUT2D eigenvalue weighted by Crippen LogP contribution is 2.22. The van der Waals surface area contributed by atoms with E-state index < -0.39 is 15.9 Å². The molecule has 0 bridgehead atoms. The number of benzene rings is 1. The van der Waals surface area contributed by atoms with Crippen LogP contribution in [0.2, 0.25) is 0 Å². The number of amides is 2. The summed E-state index contributed by atoms with van der Waals surface area (Å²) in [6.45, 7) is 4.92. The van der Waals surface area contributed by atoms with Crippen LogP contribution in [-0.4, -0.2) is 75.4 Å². The van der Waals surface area contributed by atoms with Gasteiger partial charge in [0.05, 0.1) is 6.20 Å². The lowest BCUT2D eigenvalue weighted by molar-refractivity contribution is 0.0888. The number of piperidine rings is 1. The maximum absolute atomic E-state index is 12.8. The van der Waals surface area contributed by atoms with Gasteiger partial charge >= 0.3 is 6.09 Å². The summed E-state index contributed by atoms with van der Waals surface area (Å²) < 4.78 is 25.8. The number of rotatable bonds is 7. The van der Waals surface area contributed by atoms with Crippen LogP contribution in [0.15, 0.2) is 35.6 Å². The van der Waals surface area contributed by atoms with Crippen LogP contribution < -0.4 is 10.6 Å². The van der Waals surface area contributed by atoms with Gasteiger partial charge in [0.2, 0.25) is 15.8 Å². The van der Waals surface area contributed by atoms with Crippen LogP contribution in [0.25, 0.3) is 5.65 Å². The molecule has 0 radical (unpaired) electrons. The van der Waals surface area contributed by atoms with Crippen molar-refractivity contribution < 1.29 is 23.1 Å². The summed E-state index contributed by atoms with van der Waals surface area (Å²) in [5, 5.41) is 19.3. The third-order valence-corrected chi connectivity index (χ3v) is 6.84. The fourth-order valence-electron chi connectivity index (χ4n) is 4.10. The Kier molecular flexibility index (Phi) is 7.11. The molecule has 192 valence electrons. The Labute approximate surface area is 208 Å². The van der Waals surface area contributed by atoms with E-state index in [1.165, 1.54) is 9.42 Å². The number of carbonyl (C=O) groups excluding carboxylic acids is 1. The van der Waals surface area contributed by atoms with Crippen LogP contribution >= 0.6 is 0 Å². The van der Waals surface area contributed by atoms with Crippen LogP contribution in [0.5, 0.6) is 0 Å². The molecule has 12 nitrogen and oxygen atoms in total. The van der Waals surface area contributed by atoms with Crippen molar-refractivity contribution in [3.63, 3.8) is 0 Å². The van der Waals surface area contributed by atoms with Gasteiger partial charge in [-0.25, -0.2) is 13.2 Å². The zero-order valence-electron chi connectivity index (χ0n) is 20.3. The molecule has 0 spiro atoms. The number of fused-ring (bicyclic) bond motifs is 1. The highest BCUT2D eigenvalue weighted by Gasteiger charge is 2.25. The average molecular weight is 516 g/mol. The van der Waals surface area contributed by atoms with Gasteiger partial charge in [0.25, 0.3) is 11.1 Å². The lowest BCUT2D eigenvalue weighted by Gasteiger charge is -2.31. The number of likely N-dealkylation sites (tertiary alicyclic amines) is 1. The first kappa shape index (κ1) is 25.4. The fourth-order valence-corrected chi connectivity index (χ4v) is 4.61. The zero-order valence-corrected chi connectivity index (χ0v) is 21.1. The van der Waals surface area contributed by atoms with E-state index in [1.807, 2.05) is 19.9 Å². The summed E-state index contributed by atoms with van der Waals surface area (Å²) in [6, 6.07) is 6.73. The van der Waals surface area contributed by atoms with Gasteiger partial charge in [-0.15, -0.1) is 0 Å². The molecule has 36 heavy (non-hydrogen) atoms. The Morgan fingerprint density at radius 3 is 2.72 bits per heavy atom. The maximum Gasteiger partial charge on any atom is 0.407 e. The van der Waals surface area contributed by atoms with Crippen molar-refractivity contribution in [2.75, 3.05) is 24.7 Å². The smallest absolute Gasteiger partial charge is 0.407 e. The standard InChI is InChI=1S/C23H29N7O5S/c1-14(2)18-12-25-30-19(18)27-22(36(3,34)35)28-21(30)24-11-15-6-4-7-16(10-15)20(31)26-17-8-5-9-29(13-17)23(32)33/h4,6-7,10,12,14,17H,5,8-9,11,13H2,1-3H3,(H,26,31)(H,32,33)(H,24,27,28)/t17-/m0/s1. The Hall–Kier alpha value is -3.74. The minimum atomic E-state index is -3.66. The van der Waals surface area contributed by atoms with Crippen LogP contribution in [0.1, 0.15) is 54.1 Å². The minimum absolute atomic E-state index is 0.0830. The van der Waals surface area contributed by atoms with E-state index in [2.05, 4.69) is 25.7 Å². The predicted molar refractivity (Wildman–Crippen MR) is 132 cm³/mol.